The molecule has 132 valence electrons. The van der Waals surface area contributed by atoms with Crippen LogP contribution < -0.4 is 4.90 Å². The van der Waals surface area contributed by atoms with E-state index in [0.717, 1.165) is 29.5 Å². The van der Waals surface area contributed by atoms with Gasteiger partial charge in [0.05, 0.1) is 18.2 Å². The number of likely N-dealkylation sites (tertiary alicyclic amines) is 1. The van der Waals surface area contributed by atoms with Gasteiger partial charge in [-0.15, -0.1) is 16.4 Å². The van der Waals surface area contributed by atoms with E-state index in [1.807, 2.05) is 51.5 Å². The molecule has 2 aliphatic heterocycles. The molecule has 0 aliphatic carbocycles. The lowest BCUT2D eigenvalue weighted by molar-refractivity contribution is -0.142. The molecule has 1 aromatic carbocycles. The summed E-state index contributed by atoms with van der Waals surface area (Å²) >= 11 is 1.62. The molecule has 0 saturated carbocycles. The van der Waals surface area contributed by atoms with Crippen molar-refractivity contribution in [1.82, 2.24) is 24.9 Å². The molecule has 0 atom stereocenters. The number of amides is 1. The van der Waals surface area contributed by atoms with Crippen LogP contribution in [0.5, 0.6) is 0 Å². The van der Waals surface area contributed by atoms with Crippen molar-refractivity contribution in [2.75, 3.05) is 31.1 Å². The van der Waals surface area contributed by atoms with Crippen LogP contribution >= 0.6 is 11.3 Å². The SMILES string of the molecule is O=C(C1CN(c2nccs2)C1)N1CC(n2cc(-c3ccccc3)nn2)C1. The lowest BCUT2D eigenvalue weighted by atomic mass is 9.96. The molecular weight excluding hydrogens is 348 g/mol. The Morgan fingerprint density at radius 2 is 1.92 bits per heavy atom. The average Bonchev–Trinajstić information content (AvgIpc) is 3.25. The molecule has 0 unspecified atom stereocenters. The summed E-state index contributed by atoms with van der Waals surface area (Å²) in [7, 11) is 0. The second kappa shape index (κ2) is 6.21. The van der Waals surface area contributed by atoms with Gasteiger partial charge in [-0.05, 0) is 0 Å². The minimum absolute atomic E-state index is 0.0930. The van der Waals surface area contributed by atoms with Crippen LogP contribution in [0.4, 0.5) is 5.13 Å². The number of benzene rings is 1. The largest absolute Gasteiger partial charge is 0.346 e. The fourth-order valence-electron chi connectivity index (χ4n) is 3.42. The number of thiazole rings is 1. The third kappa shape index (κ3) is 2.66. The number of nitrogens with zero attached hydrogens (tertiary/aromatic N) is 6. The highest BCUT2D eigenvalue weighted by Gasteiger charge is 2.41. The summed E-state index contributed by atoms with van der Waals surface area (Å²) in [6, 6.07) is 10.2. The second-order valence-corrected chi connectivity index (χ2v) is 7.64. The monoisotopic (exact) mass is 366 g/mol. The summed E-state index contributed by atoms with van der Waals surface area (Å²) in [5.41, 5.74) is 1.93. The third-order valence-corrected chi connectivity index (χ3v) is 5.88. The fourth-order valence-corrected chi connectivity index (χ4v) is 4.08. The van der Waals surface area contributed by atoms with Crippen molar-refractivity contribution in [2.24, 2.45) is 5.92 Å². The smallest absolute Gasteiger partial charge is 0.229 e. The van der Waals surface area contributed by atoms with E-state index in [2.05, 4.69) is 20.2 Å². The number of carbonyl (C=O) groups is 1. The first-order valence-electron chi connectivity index (χ1n) is 8.68. The minimum Gasteiger partial charge on any atom is -0.346 e. The first-order chi connectivity index (χ1) is 12.8. The molecule has 5 rings (SSSR count). The molecule has 2 fully saturated rings. The number of rotatable bonds is 4. The molecule has 7 nitrogen and oxygen atoms in total. The minimum atomic E-state index is 0.0930. The van der Waals surface area contributed by atoms with Crippen LogP contribution in [0.25, 0.3) is 11.3 Å². The van der Waals surface area contributed by atoms with Gasteiger partial charge in [0.2, 0.25) is 5.91 Å². The van der Waals surface area contributed by atoms with Crippen LogP contribution in [0.3, 0.4) is 0 Å². The normalized spacial score (nSPS) is 17.8. The van der Waals surface area contributed by atoms with Gasteiger partial charge in [0, 0.05) is 43.3 Å². The van der Waals surface area contributed by atoms with Gasteiger partial charge >= 0.3 is 0 Å². The zero-order valence-electron chi connectivity index (χ0n) is 14.1. The van der Waals surface area contributed by atoms with E-state index in [-0.39, 0.29) is 17.9 Å². The van der Waals surface area contributed by atoms with Crippen molar-refractivity contribution < 1.29 is 4.79 Å². The van der Waals surface area contributed by atoms with E-state index in [1.165, 1.54) is 0 Å². The van der Waals surface area contributed by atoms with Gasteiger partial charge in [0.1, 0.15) is 5.69 Å². The van der Waals surface area contributed by atoms with Gasteiger partial charge in [-0.25, -0.2) is 9.67 Å². The Hall–Kier alpha value is -2.74. The molecule has 3 aromatic rings. The van der Waals surface area contributed by atoms with Crippen molar-refractivity contribution >= 4 is 22.4 Å². The molecule has 0 N–H and O–H groups in total. The molecule has 2 saturated heterocycles. The average molecular weight is 366 g/mol. The molecule has 2 aliphatic rings. The van der Waals surface area contributed by atoms with Crippen molar-refractivity contribution in [3.63, 3.8) is 0 Å². The second-order valence-electron chi connectivity index (χ2n) is 6.76. The summed E-state index contributed by atoms with van der Waals surface area (Å²) in [4.78, 5) is 20.9. The summed E-state index contributed by atoms with van der Waals surface area (Å²) < 4.78 is 1.88. The van der Waals surface area contributed by atoms with E-state index in [1.54, 1.807) is 17.5 Å². The highest BCUT2D eigenvalue weighted by molar-refractivity contribution is 7.13. The highest BCUT2D eigenvalue weighted by Crippen LogP contribution is 2.30. The van der Waals surface area contributed by atoms with Crippen LogP contribution in [0.15, 0.2) is 48.1 Å². The summed E-state index contributed by atoms with van der Waals surface area (Å²) in [6.45, 7) is 2.97. The first-order valence-corrected chi connectivity index (χ1v) is 9.56. The van der Waals surface area contributed by atoms with Crippen molar-refractivity contribution in [3.05, 3.63) is 48.1 Å². The molecule has 0 radical (unpaired) electrons. The maximum Gasteiger partial charge on any atom is 0.229 e. The van der Waals surface area contributed by atoms with Crippen molar-refractivity contribution in [2.45, 2.75) is 6.04 Å². The molecule has 1 amide bonds. The number of hydrogen-bond donors (Lipinski definition) is 0. The molecule has 2 aromatic heterocycles. The zero-order valence-corrected chi connectivity index (χ0v) is 14.9. The van der Waals surface area contributed by atoms with E-state index in [9.17, 15) is 4.79 Å². The van der Waals surface area contributed by atoms with Crippen LogP contribution in [0, 0.1) is 5.92 Å². The Morgan fingerprint density at radius 3 is 2.65 bits per heavy atom. The number of hydrogen-bond acceptors (Lipinski definition) is 6. The van der Waals surface area contributed by atoms with Gasteiger partial charge in [0.15, 0.2) is 5.13 Å². The summed E-state index contributed by atoms with van der Waals surface area (Å²) in [6.07, 6.45) is 3.77. The third-order valence-electron chi connectivity index (χ3n) is 5.05. The maximum absolute atomic E-state index is 12.6. The van der Waals surface area contributed by atoms with E-state index in [4.69, 9.17) is 0 Å². The zero-order chi connectivity index (χ0) is 17.5. The Morgan fingerprint density at radius 1 is 1.12 bits per heavy atom. The number of carbonyl (C=O) groups excluding carboxylic acids is 1. The van der Waals surface area contributed by atoms with Gasteiger partial charge in [-0.2, -0.15) is 0 Å². The van der Waals surface area contributed by atoms with Crippen molar-refractivity contribution in [1.29, 1.82) is 0 Å². The number of aromatic nitrogens is 4. The van der Waals surface area contributed by atoms with Crippen LogP contribution in [-0.4, -0.2) is 57.0 Å². The Labute approximate surface area is 154 Å². The molecule has 26 heavy (non-hydrogen) atoms. The lowest BCUT2D eigenvalue weighted by Gasteiger charge is -2.45. The fraction of sp³-hybridized carbons (Fsp3) is 0.333. The Kier molecular flexibility index (Phi) is 3.70. The molecule has 8 heteroatoms. The standard InChI is InChI=1S/C18H18N6OS/c25-17(14-8-23(9-14)18-19-6-7-26-18)22-10-15(11-22)24-12-16(20-21-24)13-4-2-1-3-5-13/h1-7,12,14-15H,8-11H2. The number of anilines is 1. The summed E-state index contributed by atoms with van der Waals surface area (Å²) in [5, 5.41) is 11.5. The quantitative estimate of drug-likeness (QED) is 0.706. The molecule has 4 heterocycles. The summed E-state index contributed by atoms with van der Waals surface area (Å²) in [5.74, 6) is 0.341. The molecule has 0 bridgehead atoms. The maximum atomic E-state index is 12.6. The van der Waals surface area contributed by atoms with Gasteiger partial charge in [0.25, 0.3) is 0 Å². The van der Waals surface area contributed by atoms with Crippen LogP contribution in [0.2, 0.25) is 0 Å². The predicted molar refractivity (Wildman–Crippen MR) is 98.9 cm³/mol. The van der Waals surface area contributed by atoms with Gasteiger partial charge < -0.3 is 9.80 Å². The highest BCUT2D eigenvalue weighted by atomic mass is 32.1. The lowest BCUT2D eigenvalue weighted by Crippen LogP contribution is -2.59. The Bertz CT molecular complexity index is 897. The van der Waals surface area contributed by atoms with Crippen molar-refractivity contribution in [3.8, 4) is 11.3 Å². The van der Waals surface area contributed by atoms with Gasteiger partial charge in [-0.1, -0.05) is 35.5 Å². The topological polar surface area (TPSA) is 67.2 Å². The molecular formula is C18H18N6OS. The Balaban J connectivity index is 1.16. The predicted octanol–water partition coefficient (Wildman–Crippen LogP) is 1.92. The van der Waals surface area contributed by atoms with Crippen LogP contribution in [0.1, 0.15) is 6.04 Å². The van der Waals surface area contributed by atoms with E-state index in [0.29, 0.717) is 13.1 Å². The van der Waals surface area contributed by atoms with E-state index >= 15 is 0 Å². The van der Waals surface area contributed by atoms with E-state index < -0.39 is 0 Å². The van der Waals surface area contributed by atoms with Gasteiger partial charge in [-0.3, -0.25) is 4.79 Å². The first kappa shape index (κ1) is 15.5. The van der Waals surface area contributed by atoms with Crippen LogP contribution in [-0.2, 0) is 4.79 Å². The molecule has 0 spiro atoms.